The summed E-state index contributed by atoms with van der Waals surface area (Å²) in [5, 5.41) is 7.13. The first-order valence-electron chi connectivity index (χ1n) is 12.3. The lowest BCUT2D eigenvalue weighted by atomic mass is 10.0. The van der Waals surface area contributed by atoms with E-state index >= 15 is 0 Å². The van der Waals surface area contributed by atoms with Crippen molar-refractivity contribution in [1.29, 1.82) is 0 Å². The molecule has 2 heterocycles. The molecule has 1 unspecified atom stereocenters. The van der Waals surface area contributed by atoms with Gasteiger partial charge < -0.3 is 29.9 Å². The van der Waals surface area contributed by atoms with Gasteiger partial charge in [-0.05, 0) is 58.5 Å². The lowest BCUT2D eigenvalue weighted by Gasteiger charge is -2.35. The maximum Gasteiger partial charge on any atom is 0.191 e. The van der Waals surface area contributed by atoms with E-state index in [0.29, 0.717) is 6.04 Å². The van der Waals surface area contributed by atoms with Gasteiger partial charge >= 0.3 is 0 Å². The number of guanidine groups is 1. The van der Waals surface area contributed by atoms with Crippen molar-refractivity contribution in [3.05, 3.63) is 18.2 Å². The van der Waals surface area contributed by atoms with Crippen molar-refractivity contribution in [3.8, 4) is 11.5 Å². The highest BCUT2D eigenvalue weighted by atomic mass is 127. The molecule has 2 fully saturated rings. The zero-order valence-electron chi connectivity index (χ0n) is 20.9. The number of unbranched alkanes of at least 4 members (excludes halogenated alkanes) is 1. The molecule has 2 aliphatic heterocycles. The van der Waals surface area contributed by atoms with Gasteiger partial charge in [-0.3, -0.25) is 4.99 Å². The highest BCUT2D eigenvalue weighted by Crippen LogP contribution is 2.30. The summed E-state index contributed by atoms with van der Waals surface area (Å²) in [6.07, 6.45) is 8.70. The van der Waals surface area contributed by atoms with Crippen LogP contribution >= 0.6 is 24.0 Å². The number of rotatable bonds is 9. The first kappa shape index (κ1) is 27.8. The third-order valence-corrected chi connectivity index (χ3v) is 6.87. The predicted molar refractivity (Wildman–Crippen MR) is 149 cm³/mol. The Hall–Kier alpha value is -1.42. The summed E-state index contributed by atoms with van der Waals surface area (Å²) in [7, 11) is 5.26. The minimum atomic E-state index is 0. The van der Waals surface area contributed by atoms with Gasteiger partial charge in [0.15, 0.2) is 5.96 Å². The molecule has 1 atom stereocenters. The average Bonchev–Trinajstić information content (AvgIpc) is 2.84. The number of methoxy groups -OCH3 is 2. The van der Waals surface area contributed by atoms with Gasteiger partial charge in [0.25, 0.3) is 0 Å². The fourth-order valence-electron chi connectivity index (χ4n) is 4.78. The summed E-state index contributed by atoms with van der Waals surface area (Å²) < 4.78 is 10.9. The number of anilines is 1. The summed E-state index contributed by atoms with van der Waals surface area (Å²) in [5.41, 5.74) is 1.16. The molecule has 0 aliphatic carbocycles. The quantitative estimate of drug-likeness (QED) is 0.201. The van der Waals surface area contributed by atoms with E-state index in [1.54, 1.807) is 14.2 Å². The first-order chi connectivity index (χ1) is 15.6. The van der Waals surface area contributed by atoms with E-state index in [9.17, 15) is 0 Å². The normalized spacial score (nSPS) is 20.2. The standard InChI is InChI=1S/C25H43N5O2.HI/c1-20-9-5-7-13-29(20)14-8-6-12-27-25(26-2)28-21-10-15-30(16-11-21)22-17-23(31-3)19-24(18-22)32-4;/h17-21H,5-16H2,1-4H3,(H2,26,27,28);1H. The zero-order valence-corrected chi connectivity index (χ0v) is 23.3. The van der Waals surface area contributed by atoms with Crippen LogP contribution in [0.4, 0.5) is 5.69 Å². The molecule has 0 aromatic heterocycles. The van der Waals surface area contributed by atoms with Crippen LogP contribution < -0.4 is 25.0 Å². The van der Waals surface area contributed by atoms with Crippen LogP contribution in [-0.2, 0) is 0 Å². The van der Waals surface area contributed by atoms with Crippen molar-refractivity contribution >= 4 is 35.6 Å². The van der Waals surface area contributed by atoms with Crippen LogP contribution in [-0.4, -0.2) is 76.9 Å². The number of hydrogen-bond acceptors (Lipinski definition) is 5. The predicted octanol–water partition coefficient (Wildman–Crippen LogP) is 4.11. The SMILES string of the molecule is CN=C(NCCCCN1CCCCC1C)NC1CCN(c2cc(OC)cc(OC)c2)CC1.I. The molecule has 0 bridgehead atoms. The largest absolute Gasteiger partial charge is 0.497 e. The van der Waals surface area contributed by atoms with Crippen LogP contribution in [0.5, 0.6) is 11.5 Å². The number of nitrogens with one attached hydrogen (secondary N) is 2. The molecule has 33 heavy (non-hydrogen) atoms. The number of ether oxygens (including phenoxy) is 2. The maximum atomic E-state index is 5.43. The molecule has 188 valence electrons. The molecule has 0 amide bonds. The number of likely N-dealkylation sites (tertiary alicyclic amines) is 1. The van der Waals surface area contributed by atoms with Crippen molar-refractivity contribution in [2.24, 2.45) is 4.99 Å². The van der Waals surface area contributed by atoms with Crippen LogP contribution in [0, 0.1) is 0 Å². The number of benzene rings is 1. The van der Waals surface area contributed by atoms with E-state index in [4.69, 9.17) is 9.47 Å². The Balaban J connectivity index is 0.00000385. The second-order valence-corrected chi connectivity index (χ2v) is 9.06. The minimum absolute atomic E-state index is 0. The monoisotopic (exact) mass is 573 g/mol. The van der Waals surface area contributed by atoms with Crippen LogP contribution in [0.15, 0.2) is 23.2 Å². The topological polar surface area (TPSA) is 61.4 Å². The van der Waals surface area contributed by atoms with Crippen LogP contribution in [0.3, 0.4) is 0 Å². The third kappa shape index (κ3) is 8.70. The summed E-state index contributed by atoms with van der Waals surface area (Å²) in [4.78, 5) is 9.50. The molecule has 2 N–H and O–H groups in total. The minimum Gasteiger partial charge on any atom is -0.497 e. The van der Waals surface area contributed by atoms with Crippen molar-refractivity contribution in [2.75, 3.05) is 58.9 Å². The molecule has 0 saturated carbocycles. The Kier molecular flexibility index (Phi) is 12.4. The Bertz CT molecular complexity index is 702. The first-order valence-corrected chi connectivity index (χ1v) is 12.3. The number of aliphatic imine (C=N–C) groups is 1. The molecule has 0 radical (unpaired) electrons. The van der Waals surface area contributed by atoms with Gasteiger partial charge in [0.1, 0.15) is 11.5 Å². The smallest absolute Gasteiger partial charge is 0.191 e. The van der Waals surface area contributed by atoms with Gasteiger partial charge in [-0.15, -0.1) is 24.0 Å². The van der Waals surface area contributed by atoms with E-state index in [-0.39, 0.29) is 24.0 Å². The summed E-state index contributed by atoms with van der Waals surface area (Å²) in [5.74, 6) is 2.59. The van der Waals surface area contributed by atoms with Crippen LogP contribution in [0.2, 0.25) is 0 Å². The average molecular weight is 574 g/mol. The Morgan fingerprint density at radius 1 is 1.00 bits per heavy atom. The zero-order chi connectivity index (χ0) is 22.8. The van der Waals surface area contributed by atoms with Gasteiger partial charge in [0.2, 0.25) is 0 Å². The fraction of sp³-hybridized carbons (Fsp3) is 0.720. The van der Waals surface area contributed by atoms with Crippen LogP contribution in [0.25, 0.3) is 0 Å². The van der Waals surface area contributed by atoms with Crippen molar-refractivity contribution in [3.63, 3.8) is 0 Å². The number of hydrogen-bond donors (Lipinski definition) is 2. The lowest BCUT2D eigenvalue weighted by Crippen LogP contribution is -2.49. The molecule has 1 aromatic rings. The molecule has 8 heteroatoms. The van der Waals surface area contributed by atoms with E-state index in [1.165, 1.54) is 45.2 Å². The molecule has 0 spiro atoms. The van der Waals surface area contributed by atoms with Crippen molar-refractivity contribution < 1.29 is 9.47 Å². The Labute approximate surface area is 217 Å². The molecular weight excluding hydrogens is 529 g/mol. The van der Waals surface area contributed by atoms with Gasteiger partial charge in [-0.2, -0.15) is 0 Å². The second-order valence-electron chi connectivity index (χ2n) is 9.06. The molecule has 2 aliphatic rings. The molecule has 1 aromatic carbocycles. The summed E-state index contributed by atoms with van der Waals surface area (Å²) in [6.45, 7) is 7.85. The number of nitrogens with zero attached hydrogens (tertiary/aromatic N) is 3. The number of halogens is 1. The van der Waals surface area contributed by atoms with Crippen molar-refractivity contribution in [1.82, 2.24) is 15.5 Å². The highest BCUT2D eigenvalue weighted by molar-refractivity contribution is 14.0. The second kappa shape index (κ2) is 14.8. The van der Waals surface area contributed by atoms with Gasteiger partial charge in [0, 0.05) is 62.7 Å². The van der Waals surface area contributed by atoms with E-state index in [0.717, 1.165) is 61.7 Å². The fourth-order valence-corrected chi connectivity index (χ4v) is 4.78. The van der Waals surface area contributed by atoms with E-state index in [2.05, 4.69) is 44.5 Å². The van der Waals surface area contributed by atoms with E-state index < -0.39 is 0 Å². The third-order valence-electron chi connectivity index (χ3n) is 6.87. The van der Waals surface area contributed by atoms with Crippen molar-refractivity contribution in [2.45, 2.75) is 64.0 Å². The van der Waals surface area contributed by atoms with E-state index in [1.807, 2.05) is 13.1 Å². The molecule has 7 nitrogen and oxygen atoms in total. The number of piperidine rings is 2. The Morgan fingerprint density at radius 2 is 1.70 bits per heavy atom. The molecule has 3 rings (SSSR count). The summed E-state index contributed by atoms with van der Waals surface area (Å²) in [6, 6.07) is 7.29. The van der Waals surface area contributed by atoms with Gasteiger partial charge in [-0.1, -0.05) is 6.42 Å². The molecular formula is C25H44IN5O2. The highest BCUT2D eigenvalue weighted by Gasteiger charge is 2.21. The maximum absolute atomic E-state index is 5.43. The Morgan fingerprint density at radius 3 is 2.30 bits per heavy atom. The van der Waals surface area contributed by atoms with Crippen LogP contribution in [0.1, 0.15) is 51.9 Å². The van der Waals surface area contributed by atoms with Gasteiger partial charge in [0.05, 0.1) is 14.2 Å². The van der Waals surface area contributed by atoms with Gasteiger partial charge in [-0.25, -0.2) is 0 Å². The summed E-state index contributed by atoms with van der Waals surface area (Å²) >= 11 is 0. The molecule has 2 saturated heterocycles. The lowest BCUT2D eigenvalue weighted by molar-refractivity contribution is 0.158.